The second-order valence-corrected chi connectivity index (χ2v) is 4.99. The first kappa shape index (κ1) is 18.3. The van der Waals surface area contributed by atoms with Crippen LogP contribution in [-0.2, 0) is 19.1 Å². The van der Waals surface area contributed by atoms with Gasteiger partial charge in [0, 0.05) is 12.1 Å². The molecule has 1 rings (SSSR count). The van der Waals surface area contributed by atoms with Crippen molar-refractivity contribution in [2.75, 3.05) is 13.2 Å². The zero-order valence-corrected chi connectivity index (χ0v) is 13.0. The van der Waals surface area contributed by atoms with Crippen LogP contribution in [0.25, 0.3) is 6.08 Å². The number of rotatable bonds is 7. The number of carbonyl (C=O) groups is 3. The Morgan fingerprint density at radius 2 is 1.83 bits per heavy atom. The highest BCUT2D eigenvalue weighted by Crippen LogP contribution is 2.04. The Morgan fingerprint density at radius 1 is 1.17 bits per heavy atom. The Hall–Kier alpha value is -2.70. The van der Waals surface area contributed by atoms with Crippen LogP contribution in [0.2, 0.25) is 0 Å². The molecule has 0 aromatic heterocycles. The number of hydrogen-bond donors (Lipinski definition) is 2. The van der Waals surface area contributed by atoms with Crippen molar-refractivity contribution in [3.8, 4) is 0 Å². The summed E-state index contributed by atoms with van der Waals surface area (Å²) in [4.78, 5) is 34.2. The summed E-state index contributed by atoms with van der Waals surface area (Å²) >= 11 is 0. The molecule has 6 nitrogen and oxygen atoms in total. The average Bonchev–Trinajstić information content (AvgIpc) is 2.49. The monoisotopic (exact) mass is 322 g/mol. The van der Waals surface area contributed by atoms with Crippen LogP contribution in [0.1, 0.15) is 19.4 Å². The van der Waals surface area contributed by atoms with Crippen molar-refractivity contribution in [1.82, 2.24) is 10.6 Å². The molecule has 0 saturated carbocycles. The van der Waals surface area contributed by atoms with Gasteiger partial charge in [0.2, 0.25) is 5.91 Å². The summed E-state index contributed by atoms with van der Waals surface area (Å²) in [6.45, 7) is 2.94. The Balaban J connectivity index is 2.28. The van der Waals surface area contributed by atoms with Gasteiger partial charge in [-0.05, 0) is 37.6 Å². The van der Waals surface area contributed by atoms with Gasteiger partial charge in [0.25, 0.3) is 5.91 Å². The number of amides is 2. The summed E-state index contributed by atoms with van der Waals surface area (Å²) in [5.74, 6) is -1.98. The molecule has 0 spiro atoms. The molecule has 0 atom stereocenters. The Labute approximate surface area is 133 Å². The summed E-state index contributed by atoms with van der Waals surface area (Å²) in [6.07, 6.45) is 2.57. The molecule has 0 aliphatic carbocycles. The number of halogens is 1. The average molecular weight is 322 g/mol. The fourth-order valence-corrected chi connectivity index (χ4v) is 1.53. The quantitative estimate of drug-likeness (QED) is 0.580. The molecule has 0 bridgehead atoms. The number of benzene rings is 1. The smallest absolute Gasteiger partial charge is 0.331 e. The number of hydrogen-bond acceptors (Lipinski definition) is 4. The summed E-state index contributed by atoms with van der Waals surface area (Å²) in [7, 11) is 0. The molecule has 124 valence electrons. The number of nitrogens with one attached hydrogen (secondary N) is 2. The minimum absolute atomic E-state index is 0.0196. The molecule has 2 amide bonds. The van der Waals surface area contributed by atoms with E-state index in [-0.39, 0.29) is 24.3 Å². The third-order valence-corrected chi connectivity index (χ3v) is 2.52. The molecule has 0 aliphatic heterocycles. The van der Waals surface area contributed by atoms with Crippen LogP contribution in [0.15, 0.2) is 30.3 Å². The molecule has 23 heavy (non-hydrogen) atoms. The van der Waals surface area contributed by atoms with E-state index in [0.29, 0.717) is 5.56 Å². The van der Waals surface area contributed by atoms with Gasteiger partial charge in [0.05, 0.1) is 6.54 Å². The Morgan fingerprint density at radius 3 is 2.43 bits per heavy atom. The summed E-state index contributed by atoms with van der Waals surface area (Å²) in [5, 5.41) is 4.94. The highest BCUT2D eigenvalue weighted by atomic mass is 19.1. The lowest BCUT2D eigenvalue weighted by atomic mass is 10.2. The molecular weight excluding hydrogens is 303 g/mol. The SMILES string of the molecule is CC(C)NC(=O)CNC(=O)COC(=O)/C=C/c1ccc(F)cc1. The van der Waals surface area contributed by atoms with Crippen molar-refractivity contribution in [2.45, 2.75) is 19.9 Å². The van der Waals surface area contributed by atoms with Gasteiger partial charge in [-0.25, -0.2) is 9.18 Å². The number of ether oxygens (including phenoxy) is 1. The van der Waals surface area contributed by atoms with E-state index in [0.717, 1.165) is 6.08 Å². The third kappa shape index (κ3) is 8.35. The lowest BCUT2D eigenvalue weighted by Crippen LogP contribution is -2.41. The van der Waals surface area contributed by atoms with Crippen LogP contribution < -0.4 is 10.6 Å². The van der Waals surface area contributed by atoms with E-state index in [2.05, 4.69) is 10.6 Å². The molecule has 2 N–H and O–H groups in total. The molecule has 0 saturated heterocycles. The van der Waals surface area contributed by atoms with Gasteiger partial charge >= 0.3 is 5.97 Å². The second kappa shape index (κ2) is 9.34. The van der Waals surface area contributed by atoms with Crippen LogP contribution in [-0.4, -0.2) is 37.0 Å². The van der Waals surface area contributed by atoms with E-state index >= 15 is 0 Å². The highest BCUT2D eigenvalue weighted by Gasteiger charge is 2.08. The molecule has 0 unspecified atom stereocenters. The van der Waals surface area contributed by atoms with Crippen molar-refractivity contribution in [2.24, 2.45) is 0 Å². The van der Waals surface area contributed by atoms with Crippen molar-refractivity contribution < 1.29 is 23.5 Å². The van der Waals surface area contributed by atoms with E-state index in [9.17, 15) is 18.8 Å². The van der Waals surface area contributed by atoms with Gasteiger partial charge in [-0.15, -0.1) is 0 Å². The maximum atomic E-state index is 12.7. The van der Waals surface area contributed by atoms with Gasteiger partial charge in [-0.1, -0.05) is 12.1 Å². The second-order valence-electron chi connectivity index (χ2n) is 4.99. The van der Waals surface area contributed by atoms with Crippen LogP contribution in [0.5, 0.6) is 0 Å². The van der Waals surface area contributed by atoms with Crippen LogP contribution >= 0.6 is 0 Å². The maximum absolute atomic E-state index is 12.7. The van der Waals surface area contributed by atoms with Crippen molar-refractivity contribution in [3.63, 3.8) is 0 Å². The van der Waals surface area contributed by atoms with Crippen LogP contribution in [0, 0.1) is 5.82 Å². The first-order valence-corrected chi connectivity index (χ1v) is 7.03. The molecule has 0 radical (unpaired) electrons. The predicted octanol–water partition coefficient (Wildman–Crippen LogP) is 1.02. The molecule has 7 heteroatoms. The number of carbonyl (C=O) groups excluding carboxylic acids is 3. The van der Waals surface area contributed by atoms with E-state index in [1.165, 1.54) is 30.3 Å². The predicted molar refractivity (Wildman–Crippen MR) is 82.7 cm³/mol. The highest BCUT2D eigenvalue weighted by molar-refractivity contribution is 5.90. The number of esters is 1. The third-order valence-electron chi connectivity index (χ3n) is 2.52. The van der Waals surface area contributed by atoms with E-state index < -0.39 is 18.5 Å². The van der Waals surface area contributed by atoms with E-state index in [4.69, 9.17) is 4.74 Å². The minimum atomic E-state index is -0.712. The maximum Gasteiger partial charge on any atom is 0.331 e. The van der Waals surface area contributed by atoms with Crippen molar-refractivity contribution in [3.05, 3.63) is 41.7 Å². The zero-order valence-electron chi connectivity index (χ0n) is 13.0. The largest absolute Gasteiger partial charge is 0.452 e. The van der Waals surface area contributed by atoms with Gasteiger partial charge < -0.3 is 15.4 Å². The normalized spacial score (nSPS) is 10.6. The summed E-state index contributed by atoms with van der Waals surface area (Å²) in [6, 6.07) is 5.51. The summed E-state index contributed by atoms with van der Waals surface area (Å²) in [5.41, 5.74) is 0.623. The van der Waals surface area contributed by atoms with Crippen molar-refractivity contribution in [1.29, 1.82) is 0 Å². The van der Waals surface area contributed by atoms with Gasteiger partial charge in [-0.3, -0.25) is 9.59 Å². The fourth-order valence-electron chi connectivity index (χ4n) is 1.53. The lowest BCUT2D eigenvalue weighted by molar-refractivity contribution is -0.143. The van der Waals surface area contributed by atoms with Gasteiger partial charge in [-0.2, -0.15) is 0 Å². The van der Waals surface area contributed by atoms with Crippen molar-refractivity contribution >= 4 is 23.9 Å². The summed E-state index contributed by atoms with van der Waals surface area (Å²) < 4.78 is 17.4. The first-order valence-electron chi connectivity index (χ1n) is 7.03. The standard InChI is InChI=1S/C16H19FN2O4/c1-11(2)19-14(20)9-18-15(21)10-23-16(22)8-5-12-3-6-13(17)7-4-12/h3-8,11H,9-10H2,1-2H3,(H,18,21)(H,19,20)/b8-5+. The Bertz CT molecular complexity index is 582. The topological polar surface area (TPSA) is 84.5 Å². The molecule has 0 aliphatic rings. The molecule has 1 aromatic carbocycles. The van der Waals surface area contributed by atoms with Crippen LogP contribution in [0.3, 0.4) is 0 Å². The van der Waals surface area contributed by atoms with Gasteiger partial charge in [0.1, 0.15) is 5.82 Å². The lowest BCUT2D eigenvalue weighted by Gasteiger charge is -2.09. The molecule has 1 aromatic rings. The Kier molecular flexibility index (Phi) is 7.45. The van der Waals surface area contributed by atoms with E-state index in [1.54, 1.807) is 13.8 Å². The molecule has 0 heterocycles. The molecular formula is C16H19FN2O4. The minimum Gasteiger partial charge on any atom is -0.452 e. The van der Waals surface area contributed by atoms with Gasteiger partial charge in [0.15, 0.2) is 6.61 Å². The molecule has 0 fully saturated rings. The van der Waals surface area contributed by atoms with E-state index in [1.807, 2.05) is 0 Å². The van der Waals surface area contributed by atoms with Crippen LogP contribution in [0.4, 0.5) is 4.39 Å². The first-order chi connectivity index (χ1) is 10.9. The fraction of sp³-hybridized carbons (Fsp3) is 0.312. The zero-order chi connectivity index (χ0) is 17.2.